The van der Waals surface area contributed by atoms with Crippen LogP contribution in [-0.2, 0) is 5.75 Å². The van der Waals surface area contributed by atoms with Gasteiger partial charge in [0.05, 0.1) is 5.03 Å². The van der Waals surface area contributed by atoms with E-state index in [1.807, 2.05) is 43.7 Å². The molecule has 0 aliphatic carbocycles. The van der Waals surface area contributed by atoms with Crippen molar-refractivity contribution in [2.75, 3.05) is 12.4 Å². The summed E-state index contributed by atoms with van der Waals surface area (Å²) in [6.45, 7) is 0. The molecule has 88 valence electrons. The van der Waals surface area contributed by atoms with Crippen LogP contribution in [0.5, 0.6) is 0 Å². The van der Waals surface area contributed by atoms with Crippen molar-refractivity contribution in [2.24, 2.45) is 0 Å². The highest BCUT2D eigenvalue weighted by Crippen LogP contribution is 2.22. The van der Waals surface area contributed by atoms with Gasteiger partial charge in [-0.2, -0.15) is 0 Å². The molecule has 0 saturated carbocycles. The SMILES string of the molecule is CNc1cc(CSc2ccc(Br)cn2)ccn1. The summed E-state index contributed by atoms with van der Waals surface area (Å²) in [6.07, 6.45) is 3.63. The molecule has 0 aromatic carbocycles. The van der Waals surface area contributed by atoms with Crippen molar-refractivity contribution in [2.45, 2.75) is 10.8 Å². The predicted octanol–water partition coefficient (Wildman–Crippen LogP) is 3.57. The van der Waals surface area contributed by atoms with Crippen LogP contribution in [0.25, 0.3) is 0 Å². The van der Waals surface area contributed by atoms with Gasteiger partial charge in [-0.15, -0.1) is 11.8 Å². The third-order valence-electron chi connectivity index (χ3n) is 2.17. The van der Waals surface area contributed by atoms with E-state index in [4.69, 9.17) is 0 Å². The number of rotatable bonds is 4. The van der Waals surface area contributed by atoms with Crippen molar-refractivity contribution < 1.29 is 0 Å². The summed E-state index contributed by atoms with van der Waals surface area (Å²) < 4.78 is 1.00. The standard InChI is InChI=1S/C12H12BrN3S/c1-14-11-6-9(4-5-15-11)8-17-12-3-2-10(13)7-16-12/h2-7H,8H2,1H3,(H,14,15). The van der Waals surface area contributed by atoms with E-state index in [0.29, 0.717) is 0 Å². The van der Waals surface area contributed by atoms with Gasteiger partial charge in [-0.05, 0) is 45.8 Å². The number of hydrogen-bond donors (Lipinski definition) is 1. The molecule has 2 aromatic rings. The van der Waals surface area contributed by atoms with Crippen molar-refractivity contribution in [1.82, 2.24) is 9.97 Å². The first-order valence-corrected chi connectivity index (χ1v) is 6.93. The fourth-order valence-electron chi connectivity index (χ4n) is 1.31. The number of halogens is 1. The Balaban J connectivity index is 1.99. The molecule has 0 amide bonds. The van der Waals surface area contributed by atoms with E-state index in [1.54, 1.807) is 11.8 Å². The number of anilines is 1. The molecule has 2 aromatic heterocycles. The summed E-state index contributed by atoms with van der Waals surface area (Å²) in [5.74, 6) is 1.79. The molecule has 5 heteroatoms. The average Bonchev–Trinajstić information content (AvgIpc) is 2.38. The molecule has 2 rings (SSSR count). The normalized spacial score (nSPS) is 10.2. The minimum atomic E-state index is 0.895. The number of nitrogens with zero attached hydrogens (tertiary/aromatic N) is 2. The summed E-state index contributed by atoms with van der Waals surface area (Å²) in [5, 5.41) is 4.05. The minimum Gasteiger partial charge on any atom is -0.373 e. The van der Waals surface area contributed by atoms with Gasteiger partial charge in [-0.1, -0.05) is 0 Å². The van der Waals surface area contributed by atoms with E-state index in [9.17, 15) is 0 Å². The monoisotopic (exact) mass is 309 g/mol. The zero-order valence-electron chi connectivity index (χ0n) is 9.35. The van der Waals surface area contributed by atoms with Gasteiger partial charge in [0.1, 0.15) is 5.82 Å². The first-order valence-electron chi connectivity index (χ1n) is 5.15. The Labute approximate surface area is 113 Å². The Morgan fingerprint density at radius 1 is 1.29 bits per heavy atom. The van der Waals surface area contributed by atoms with Gasteiger partial charge < -0.3 is 5.32 Å². The first kappa shape index (κ1) is 12.4. The Morgan fingerprint density at radius 2 is 2.18 bits per heavy atom. The van der Waals surface area contributed by atoms with Crippen molar-refractivity contribution >= 4 is 33.5 Å². The second-order valence-electron chi connectivity index (χ2n) is 3.40. The zero-order valence-corrected chi connectivity index (χ0v) is 11.8. The van der Waals surface area contributed by atoms with E-state index >= 15 is 0 Å². The number of hydrogen-bond acceptors (Lipinski definition) is 4. The van der Waals surface area contributed by atoms with Crippen molar-refractivity contribution in [3.8, 4) is 0 Å². The number of aromatic nitrogens is 2. The van der Waals surface area contributed by atoms with Crippen molar-refractivity contribution in [3.63, 3.8) is 0 Å². The van der Waals surface area contributed by atoms with Crippen LogP contribution in [0.2, 0.25) is 0 Å². The van der Waals surface area contributed by atoms with E-state index in [-0.39, 0.29) is 0 Å². The van der Waals surface area contributed by atoms with Gasteiger partial charge in [0, 0.05) is 29.7 Å². The molecule has 0 spiro atoms. The molecule has 0 radical (unpaired) electrons. The molecule has 1 N–H and O–H groups in total. The number of thioether (sulfide) groups is 1. The molecule has 0 unspecified atom stereocenters. The van der Waals surface area contributed by atoms with Gasteiger partial charge in [-0.3, -0.25) is 0 Å². The average molecular weight is 310 g/mol. The second kappa shape index (κ2) is 6.02. The lowest BCUT2D eigenvalue weighted by molar-refractivity contribution is 1.12. The highest BCUT2D eigenvalue weighted by molar-refractivity contribution is 9.10. The predicted molar refractivity (Wildman–Crippen MR) is 75.3 cm³/mol. The van der Waals surface area contributed by atoms with Gasteiger partial charge in [0.2, 0.25) is 0 Å². The fourth-order valence-corrected chi connectivity index (χ4v) is 2.33. The number of nitrogens with one attached hydrogen (secondary N) is 1. The molecule has 0 bridgehead atoms. The summed E-state index contributed by atoms with van der Waals surface area (Å²) in [5.41, 5.74) is 1.24. The maximum absolute atomic E-state index is 4.32. The third kappa shape index (κ3) is 3.71. The lowest BCUT2D eigenvalue weighted by Gasteiger charge is -2.03. The molecule has 0 aliphatic rings. The van der Waals surface area contributed by atoms with Crippen LogP contribution >= 0.6 is 27.7 Å². The van der Waals surface area contributed by atoms with Gasteiger partial charge in [0.15, 0.2) is 0 Å². The Hall–Kier alpha value is -1.07. The van der Waals surface area contributed by atoms with E-state index < -0.39 is 0 Å². The van der Waals surface area contributed by atoms with E-state index in [2.05, 4.69) is 31.2 Å². The van der Waals surface area contributed by atoms with Gasteiger partial charge >= 0.3 is 0 Å². The summed E-state index contributed by atoms with van der Waals surface area (Å²) in [4.78, 5) is 8.50. The lowest BCUT2D eigenvalue weighted by Crippen LogP contribution is -1.92. The maximum atomic E-state index is 4.32. The molecule has 2 heterocycles. The Kier molecular flexibility index (Phi) is 4.39. The molecule has 0 atom stereocenters. The Morgan fingerprint density at radius 3 is 2.88 bits per heavy atom. The molecule has 0 fully saturated rings. The molecular formula is C12H12BrN3S. The first-order chi connectivity index (χ1) is 8.28. The van der Waals surface area contributed by atoms with Crippen LogP contribution in [0.15, 0.2) is 46.2 Å². The van der Waals surface area contributed by atoms with Crippen LogP contribution in [0.4, 0.5) is 5.82 Å². The smallest absolute Gasteiger partial charge is 0.125 e. The number of pyridine rings is 2. The fraction of sp³-hybridized carbons (Fsp3) is 0.167. The van der Waals surface area contributed by atoms with Crippen LogP contribution < -0.4 is 5.32 Å². The van der Waals surface area contributed by atoms with Crippen LogP contribution in [-0.4, -0.2) is 17.0 Å². The molecule has 17 heavy (non-hydrogen) atoms. The zero-order chi connectivity index (χ0) is 12.1. The topological polar surface area (TPSA) is 37.8 Å². The van der Waals surface area contributed by atoms with Crippen LogP contribution in [0.1, 0.15) is 5.56 Å². The third-order valence-corrected chi connectivity index (χ3v) is 3.65. The van der Waals surface area contributed by atoms with Crippen molar-refractivity contribution in [3.05, 3.63) is 46.7 Å². The van der Waals surface area contributed by atoms with Crippen LogP contribution in [0, 0.1) is 0 Å². The minimum absolute atomic E-state index is 0.895. The van der Waals surface area contributed by atoms with E-state index in [1.165, 1.54) is 5.56 Å². The summed E-state index contributed by atoms with van der Waals surface area (Å²) in [6, 6.07) is 8.08. The summed E-state index contributed by atoms with van der Waals surface area (Å²) in [7, 11) is 1.87. The molecule has 0 saturated heterocycles. The Bertz CT molecular complexity index is 487. The second-order valence-corrected chi connectivity index (χ2v) is 5.31. The quantitative estimate of drug-likeness (QED) is 0.876. The largest absolute Gasteiger partial charge is 0.373 e. The highest BCUT2D eigenvalue weighted by atomic mass is 79.9. The lowest BCUT2D eigenvalue weighted by atomic mass is 10.3. The molecular weight excluding hydrogens is 298 g/mol. The molecule has 3 nitrogen and oxygen atoms in total. The van der Waals surface area contributed by atoms with Crippen LogP contribution in [0.3, 0.4) is 0 Å². The van der Waals surface area contributed by atoms with Crippen molar-refractivity contribution in [1.29, 1.82) is 0 Å². The highest BCUT2D eigenvalue weighted by Gasteiger charge is 1.99. The van der Waals surface area contributed by atoms with E-state index in [0.717, 1.165) is 21.1 Å². The summed E-state index contributed by atoms with van der Waals surface area (Å²) >= 11 is 5.09. The van der Waals surface area contributed by atoms with Gasteiger partial charge in [-0.25, -0.2) is 9.97 Å². The maximum Gasteiger partial charge on any atom is 0.125 e. The molecule has 0 aliphatic heterocycles. The van der Waals surface area contributed by atoms with Gasteiger partial charge in [0.25, 0.3) is 0 Å².